The molecule has 11 heteroatoms. The summed E-state index contributed by atoms with van der Waals surface area (Å²) in [5.41, 5.74) is 1.66. The summed E-state index contributed by atoms with van der Waals surface area (Å²) >= 11 is 0. The number of methoxy groups -OCH3 is 3. The van der Waals surface area contributed by atoms with Gasteiger partial charge in [-0.2, -0.15) is 4.98 Å². The molecule has 2 N–H and O–H groups in total. The van der Waals surface area contributed by atoms with Gasteiger partial charge in [-0.15, -0.1) is 0 Å². The van der Waals surface area contributed by atoms with Crippen molar-refractivity contribution in [1.29, 1.82) is 0 Å². The van der Waals surface area contributed by atoms with Crippen molar-refractivity contribution in [2.75, 3.05) is 57.8 Å². The van der Waals surface area contributed by atoms with E-state index >= 15 is 0 Å². The molecule has 3 aromatic rings. The summed E-state index contributed by atoms with van der Waals surface area (Å²) in [4.78, 5) is 24.2. The second-order valence-corrected chi connectivity index (χ2v) is 9.26. The second kappa shape index (κ2) is 12.0. The van der Waals surface area contributed by atoms with Gasteiger partial charge in [-0.25, -0.2) is 4.98 Å². The summed E-state index contributed by atoms with van der Waals surface area (Å²) < 4.78 is 27.5. The third-order valence-electron chi connectivity index (χ3n) is 6.75. The minimum absolute atomic E-state index is 0.0272. The van der Waals surface area contributed by atoms with Crippen LogP contribution in [0.15, 0.2) is 42.6 Å². The molecule has 0 bridgehead atoms. The number of hydrogen-bond donors (Lipinski definition) is 2. The van der Waals surface area contributed by atoms with Crippen molar-refractivity contribution < 1.29 is 28.5 Å². The molecule has 1 fully saturated rings. The van der Waals surface area contributed by atoms with Gasteiger partial charge in [0.1, 0.15) is 19.0 Å². The number of piperidine rings is 1. The Hall–Kier alpha value is -4.41. The third-order valence-corrected chi connectivity index (χ3v) is 6.75. The number of rotatable bonds is 9. The van der Waals surface area contributed by atoms with Crippen molar-refractivity contribution in [3.05, 3.63) is 48.2 Å². The zero-order valence-corrected chi connectivity index (χ0v) is 22.4. The van der Waals surface area contributed by atoms with Gasteiger partial charge in [-0.1, -0.05) is 6.07 Å². The molecule has 1 aromatic heterocycles. The standard InChI is InChI=1S/C28H33N5O6/c1-35-23-14-20(15-24(36-2)26(23)37-3)31-28-29-9-8-25(32-28)33-10-4-5-19(17-33)27(34)30-16-18-6-7-21-22(13-18)39-12-11-38-21/h6-9,13-15,19H,4-5,10-12,16-17H2,1-3H3,(H,30,34)(H,29,31,32). The van der Waals surface area contributed by atoms with Crippen LogP contribution in [0.1, 0.15) is 18.4 Å². The van der Waals surface area contributed by atoms with E-state index < -0.39 is 0 Å². The Morgan fingerprint density at radius 1 is 1.03 bits per heavy atom. The topological polar surface area (TPSA) is 116 Å². The van der Waals surface area contributed by atoms with E-state index in [2.05, 4.69) is 20.5 Å². The molecule has 1 unspecified atom stereocenters. The molecule has 1 saturated heterocycles. The molecule has 0 spiro atoms. The van der Waals surface area contributed by atoms with Crippen molar-refractivity contribution in [3.63, 3.8) is 0 Å². The van der Waals surface area contributed by atoms with Crippen LogP contribution in [0.25, 0.3) is 0 Å². The zero-order chi connectivity index (χ0) is 27.2. The lowest BCUT2D eigenvalue weighted by Gasteiger charge is -2.33. The number of carbonyl (C=O) groups excluding carboxylic acids is 1. The largest absolute Gasteiger partial charge is 0.493 e. The van der Waals surface area contributed by atoms with Gasteiger partial charge >= 0.3 is 0 Å². The van der Waals surface area contributed by atoms with Crippen LogP contribution in [0.2, 0.25) is 0 Å². The van der Waals surface area contributed by atoms with E-state index in [-0.39, 0.29) is 11.8 Å². The molecule has 1 atom stereocenters. The Bertz CT molecular complexity index is 1290. The Kier molecular flexibility index (Phi) is 8.04. The Morgan fingerprint density at radius 3 is 2.54 bits per heavy atom. The number of aromatic nitrogens is 2. The fraction of sp³-hybridized carbons (Fsp3) is 0.393. The van der Waals surface area contributed by atoms with Crippen LogP contribution in [0.3, 0.4) is 0 Å². The van der Waals surface area contributed by atoms with Crippen molar-refractivity contribution in [3.8, 4) is 28.7 Å². The van der Waals surface area contributed by atoms with Gasteiger partial charge in [0.25, 0.3) is 0 Å². The normalized spacial score (nSPS) is 16.3. The first kappa shape index (κ1) is 26.2. The highest BCUT2D eigenvalue weighted by molar-refractivity contribution is 5.79. The minimum atomic E-state index is -0.141. The zero-order valence-electron chi connectivity index (χ0n) is 22.4. The second-order valence-electron chi connectivity index (χ2n) is 9.26. The quantitative estimate of drug-likeness (QED) is 0.421. The fourth-order valence-electron chi connectivity index (χ4n) is 4.80. The van der Waals surface area contributed by atoms with Gasteiger partial charge < -0.3 is 39.2 Å². The number of carbonyl (C=O) groups is 1. The summed E-state index contributed by atoms with van der Waals surface area (Å²) in [5, 5.41) is 6.30. The highest BCUT2D eigenvalue weighted by atomic mass is 16.6. The highest BCUT2D eigenvalue weighted by Crippen LogP contribution is 2.40. The average Bonchev–Trinajstić information content (AvgIpc) is 2.99. The molecule has 2 aliphatic rings. The number of ether oxygens (including phenoxy) is 5. The van der Waals surface area contributed by atoms with Crippen LogP contribution >= 0.6 is 0 Å². The molecule has 0 aliphatic carbocycles. The molecular formula is C28H33N5O6. The van der Waals surface area contributed by atoms with Gasteiger partial charge in [0.05, 0.1) is 27.2 Å². The lowest BCUT2D eigenvalue weighted by atomic mass is 9.97. The molecule has 3 heterocycles. The number of fused-ring (bicyclic) bond motifs is 1. The first-order valence-corrected chi connectivity index (χ1v) is 12.9. The maximum Gasteiger partial charge on any atom is 0.229 e. The maximum absolute atomic E-state index is 13.0. The molecule has 2 aromatic carbocycles. The van der Waals surface area contributed by atoms with E-state index in [1.807, 2.05) is 24.3 Å². The lowest BCUT2D eigenvalue weighted by molar-refractivity contribution is -0.125. The molecule has 5 rings (SSSR count). The maximum atomic E-state index is 13.0. The SMILES string of the molecule is COc1cc(Nc2nccc(N3CCCC(C(=O)NCc4ccc5c(c4)OCCO5)C3)n2)cc(OC)c1OC. The predicted octanol–water partition coefficient (Wildman–Crippen LogP) is 3.55. The fourth-order valence-corrected chi connectivity index (χ4v) is 4.80. The summed E-state index contributed by atoms with van der Waals surface area (Å²) in [5.74, 6) is 4.08. The Balaban J connectivity index is 1.22. The predicted molar refractivity (Wildman–Crippen MR) is 146 cm³/mol. The number of benzene rings is 2. The van der Waals surface area contributed by atoms with Crippen molar-refractivity contribution in [2.45, 2.75) is 19.4 Å². The number of hydrogen-bond acceptors (Lipinski definition) is 10. The van der Waals surface area contributed by atoms with E-state index in [4.69, 9.17) is 28.7 Å². The van der Waals surface area contributed by atoms with Crippen LogP contribution < -0.4 is 39.2 Å². The van der Waals surface area contributed by atoms with E-state index in [0.717, 1.165) is 42.3 Å². The van der Waals surface area contributed by atoms with E-state index in [1.54, 1.807) is 39.7 Å². The van der Waals surface area contributed by atoms with Gasteiger partial charge in [0.15, 0.2) is 23.0 Å². The molecule has 0 saturated carbocycles. The molecule has 0 radical (unpaired) electrons. The first-order valence-electron chi connectivity index (χ1n) is 12.9. The van der Waals surface area contributed by atoms with Crippen LogP contribution in [-0.2, 0) is 11.3 Å². The van der Waals surface area contributed by atoms with Gasteiger partial charge in [-0.05, 0) is 36.6 Å². The highest BCUT2D eigenvalue weighted by Gasteiger charge is 2.27. The summed E-state index contributed by atoms with van der Waals surface area (Å²) in [6, 6.07) is 11.2. The minimum Gasteiger partial charge on any atom is -0.493 e. The van der Waals surface area contributed by atoms with Crippen molar-refractivity contribution in [1.82, 2.24) is 15.3 Å². The van der Waals surface area contributed by atoms with Crippen molar-refractivity contribution >= 4 is 23.4 Å². The summed E-state index contributed by atoms with van der Waals surface area (Å²) in [6.07, 6.45) is 3.42. The molecule has 1 amide bonds. The molecule has 11 nitrogen and oxygen atoms in total. The summed E-state index contributed by atoms with van der Waals surface area (Å²) in [7, 11) is 4.69. The smallest absolute Gasteiger partial charge is 0.229 e. The Morgan fingerprint density at radius 2 is 1.79 bits per heavy atom. The molecule has 2 aliphatic heterocycles. The lowest BCUT2D eigenvalue weighted by Crippen LogP contribution is -2.43. The third kappa shape index (κ3) is 6.02. The van der Waals surface area contributed by atoms with Crippen LogP contribution in [0.4, 0.5) is 17.5 Å². The van der Waals surface area contributed by atoms with Gasteiger partial charge in [0.2, 0.25) is 17.6 Å². The first-order chi connectivity index (χ1) is 19.1. The van der Waals surface area contributed by atoms with Gasteiger partial charge in [0, 0.05) is 43.7 Å². The molecule has 206 valence electrons. The van der Waals surface area contributed by atoms with Crippen LogP contribution in [-0.4, -0.2) is 63.5 Å². The summed E-state index contributed by atoms with van der Waals surface area (Å²) in [6.45, 7) is 2.90. The number of amides is 1. The van der Waals surface area contributed by atoms with Crippen LogP contribution in [0, 0.1) is 5.92 Å². The number of anilines is 3. The Labute approximate surface area is 227 Å². The monoisotopic (exact) mass is 535 g/mol. The van der Waals surface area contributed by atoms with E-state index in [0.29, 0.717) is 55.2 Å². The number of nitrogens with one attached hydrogen (secondary N) is 2. The molecular weight excluding hydrogens is 502 g/mol. The van der Waals surface area contributed by atoms with Crippen LogP contribution in [0.5, 0.6) is 28.7 Å². The van der Waals surface area contributed by atoms with Crippen molar-refractivity contribution in [2.24, 2.45) is 5.92 Å². The number of nitrogens with zero attached hydrogens (tertiary/aromatic N) is 3. The average molecular weight is 536 g/mol. The van der Waals surface area contributed by atoms with E-state index in [9.17, 15) is 4.79 Å². The molecule has 39 heavy (non-hydrogen) atoms. The van der Waals surface area contributed by atoms with E-state index in [1.165, 1.54) is 0 Å². The van der Waals surface area contributed by atoms with Gasteiger partial charge in [-0.3, -0.25) is 4.79 Å².